The van der Waals surface area contributed by atoms with E-state index >= 15 is 0 Å². The Hall–Kier alpha value is -1.57. The van der Waals surface area contributed by atoms with E-state index in [1.165, 1.54) is 6.26 Å². The standard InChI is InChI=1S/C13H18N4O2S/c1-20(18,19)8-4-7-12(17-14)13-9-15-10-5-2-3-6-11(10)16-13/h2-3,5-6,9,12,17H,4,7-8,14H2,1H3. The van der Waals surface area contributed by atoms with Crippen LogP contribution in [0.2, 0.25) is 0 Å². The Morgan fingerprint density at radius 2 is 2.00 bits per heavy atom. The van der Waals surface area contributed by atoms with Crippen LogP contribution < -0.4 is 11.3 Å². The Labute approximate surface area is 118 Å². The number of nitrogens with two attached hydrogens (primary N) is 1. The molecule has 2 rings (SSSR count). The summed E-state index contributed by atoms with van der Waals surface area (Å²) in [5.74, 6) is 5.68. The largest absolute Gasteiger partial charge is 0.271 e. The minimum Gasteiger partial charge on any atom is -0.271 e. The highest BCUT2D eigenvalue weighted by atomic mass is 32.2. The van der Waals surface area contributed by atoms with Crippen LogP contribution in [0.1, 0.15) is 24.6 Å². The van der Waals surface area contributed by atoms with Gasteiger partial charge in [0.05, 0.1) is 29.0 Å². The molecule has 2 aromatic rings. The zero-order chi connectivity index (χ0) is 14.6. The van der Waals surface area contributed by atoms with Gasteiger partial charge < -0.3 is 0 Å². The van der Waals surface area contributed by atoms with Gasteiger partial charge in [-0.05, 0) is 25.0 Å². The van der Waals surface area contributed by atoms with Crippen molar-refractivity contribution in [3.8, 4) is 0 Å². The Bertz CT molecular complexity index is 688. The van der Waals surface area contributed by atoms with E-state index in [1.54, 1.807) is 6.20 Å². The summed E-state index contributed by atoms with van der Waals surface area (Å²) < 4.78 is 22.3. The van der Waals surface area contributed by atoms with Gasteiger partial charge in [0.2, 0.25) is 0 Å². The van der Waals surface area contributed by atoms with Crippen molar-refractivity contribution in [2.75, 3.05) is 12.0 Å². The quantitative estimate of drug-likeness (QED) is 0.608. The van der Waals surface area contributed by atoms with Gasteiger partial charge in [0.25, 0.3) is 0 Å². The molecule has 6 nitrogen and oxygen atoms in total. The average Bonchev–Trinajstić information content (AvgIpc) is 2.42. The first-order valence-electron chi connectivity index (χ1n) is 6.35. The molecule has 0 amide bonds. The minimum absolute atomic E-state index is 0.145. The maximum atomic E-state index is 11.1. The van der Waals surface area contributed by atoms with Crippen LogP contribution in [0.25, 0.3) is 11.0 Å². The summed E-state index contributed by atoms with van der Waals surface area (Å²) >= 11 is 0. The second-order valence-electron chi connectivity index (χ2n) is 4.77. The maximum Gasteiger partial charge on any atom is 0.147 e. The lowest BCUT2D eigenvalue weighted by Gasteiger charge is -2.15. The Kier molecular flexibility index (Phi) is 4.64. The summed E-state index contributed by atoms with van der Waals surface area (Å²) in [5, 5.41) is 0. The highest BCUT2D eigenvalue weighted by Gasteiger charge is 2.13. The summed E-state index contributed by atoms with van der Waals surface area (Å²) in [7, 11) is -2.95. The lowest BCUT2D eigenvalue weighted by atomic mass is 10.1. The molecule has 1 heterocycles. The van der Waals surface area contributed by atoms with Crippen LogP contribution in [0.15, 0.2) is 30.5 Å². The molecular weight excluding hydrogens is 276 g/mol. The molecule has 0 saturated heterocycles. The van der Waals surface area contributed by atoms with Crippen LogP contribution >= 0.6 is 0 Å². The zero-order valence-electron chi connectivity index (χ0n) is 11.3. The number of sulfone groups is 1. The van der Waals surface area contributed by atoms with Gasteiger partial charge in [-0.1, -0.05) is 12.1 Å². The third kappa shape index (κ3) is 3.96. The molecule has 7 heteroatoms. The van der Waals surface area contributed by atoms with E-state index in [0.29, 0.717) is 12.8 Å². The van der Waals surface area contributed by atoms with E-state index < -0.39 is 9.84 Å². The number of hydrazine groups is 1. The first-order valence-corrected chi connectivity index (χ1v) is 8.41. The van der Waals surface area contributed by atoms with Crippen LogP contribution in [0.3, 0.4) is 0 Å². The number of nitrogens with one attached hydrogen (secondary N) is 1. The second kappa shape index (κ2) is 6.25. The SMILES string of the molecule is CS(=O)(=O)CCCC(NN)c1cnc2ccccc2n1. The Morgan fingerprint density at radius 1 is 1.30 bits per heavy atom. The van der Waals surface area contributed by atoms with Crippen molar-refractivity contribution in [2.24, 2.45) is 5.84 Å². The number of fused-ring (bicyclic) bond motifs is 1. The van der Waals surface area contributed by atoms with Gasteiger partial charge in [-0.15, -0.1) is 0 Å². The molecule has 0 aliphatic heterocycles. The molecule has 1 aromatic heterocycles. The van der Waals surface area contributed by atoms with Crippen LogP contribution in [0.5, 0.6) is 0 Å². The topological polar surface area (TPSA) is 98.0 Å². The third-order valence-corrected chi connectivity index (χ3v) is 4.06. The van der Waals surface area contributed by atoms with E-state index in [1.807, 2.05) is 24.3 Å². The predicted molar refractivity (Wildman–Crippen MR) is 78.5 cm³/mol. The monoisotopic (exact) mass is 294 g/mol. The summed E-state index contributed by atoms with van der Waals surface area (Å²) in [5.41, 5.74) is 5.02. The minimum atomic E-state index is -2.95. The molecular formula is C13H18N4O2S. The summed E-state index contributed by atoms with van der Waals surface area (Å²) in [6, 6.07) is 7.38. The Morgan fingerprint density at radius 3 is 2.65 bits per heavy atom. The van der Waals surface area contributed by atoms with Crippen molar-refractivity contribution in [3.05, 3.63) is 36.2 Å². The molecule has 0 spiro atoms. The number of para-hydroxylation sites is 2. The van der Waals surface area contributed by atoms with Crippen LogP contribution in [-0.4, -0.2) is 30.4 Å². The number of nitrogens with zero attached hydrogens (tertiary/aromatic N) is 2. The molecule has 108 valence electrons. The van der Waals surface area contributed by atoms with Gasteiger partial charge in [-0.25, -0.2) is 13.4 Å². The third-order valence-electron chi connectivity index (χ3n) is 3.03. The molecule has 0 aliphatic carbocycles. The summed E-state index contributed by atoms with van der Waals surface area (Å²) in [6.45, 7) is 0. The molecule has 1 unspecified atom stereocenters. The molecule has 20 heavy (non-hydrogen) atoms. The number of benzene rings is 1. The normalized spacial score (nSPS) is 13.5. The second-order valence-corrected chi connectivity index (χ2v) is 7.03. The first kappa shape index (κ1) is 14.8. The van der Waals surface area contributed by atoms with E-state index in [-0.39, 0.29) is 11.8 Å². The summed E-state index contributed by atoms with van der Waals surface area (Å²) in [4.78, 5) is 8.84. The van der Waals surface area contributed by atoms with Crippen LogP contribution in [0.4, 0.5) is 0 Å². The fourth-order valence-corrected chi connectivity index (χ4v) is 2.70. The van der Waals surface area contributed by atoms with E-state index in [2.05, 4.69) is 15.4 Å². The highest BCUT2D eigenvalue weighted by Crippen LogP contribution is 2.18. The van der Waals surface area contributed by atoms with Gasteiger partial charge in [-0.3, -0.25) is 16.3 Å². The number of hydrogen-bond donors (Lipinski definition) is 2. The smallest absolute Gasteiger partial charge is 0.147 e. The lowest BCUT2D eigenvalue weighted by molar-refractivity contribution is 0.496. The predicted octanol–water partition coefficient (Wildman–Crippen LogP) is 0.959. The van der Waals surface area contributed by atoms with E-state index in [4.69, 9.17) is 5.84 Å². The van der Waals surface area contributed by atoms with E-state index in [9.17, 15) is 8.42 Å². The van der Waals surface area contributed by atoms with Crippen LogP contribution in [0, 0.1) is 0 Å². The molecule has 0 bridgehead atoms. The molecule has 1 aromatic carbocycles. The number of hydrogen-bond acceptors (Lipinski definition) is 6. The van der Waals surface area contributed by atoms with Crippen molar-refractivity contribution in [1.29, 1.82) is 0 Å². The number of aromatic nitrogens is 2. The molecule has 0 fully saturated rings. The fraction of sp³-hybridized carbons (Fsp3) is 0.385. The molecule has 0 radical (unpaired) electrons. The van der Waals surface area contributed by atoms with Crippen molar-refractivity contribution in [2.45, 2.75) is 18.9 Å². The molecule has 3 N–H and O–H groups in total. The van der Waals surface area contributed by atoms with Crippen molar-refractivity contribution >= 4 is 20.9 Å². The van der Waals surface area contributed by atoms with Gasteiger partial charge in [0, 0.05) is 12.0 Å². The van der Waals surface area contributed by atoms with Crippen LogP contribution in [-0.2, 0) is 9.84 Å². The summed E-state index contributed by atoms with van der Waals surface area (Å²) in [6.07, 6.45) is 4.03. The van der Waals surface area contributed by atoms with Gasteiger partial charge in [0.1, 0.15) is 9.84 Å². The van der Waals surface area contributed by atoms with Crippen molar-refractivity contribution < 1.29 is 8.42 Å². The van der Waals surface area contributed by atoms with E-state index in [0.717, 1.165) is 16.7 Å². The van der Waals surface area contributed by atoms with Crippen molar-refractivity contribution in [1.82, 2.24) is 15.4 Å². The molecule has 0 aliphatic rings. The maximum absolute atomic E-state index is 11.1. The average molecular weight is 294 g/mol. The van der Waals surface area contributed by atoms with Crippen molar-refractivity contribution in [3.63, 3.8) is 0 Å². The molecule has 1 atom stereocenters. The molecule has 0 saturated carbocycles. The van der Waals surface area contributed by atoms with Gasteiger partial charge in [-0.2, -0.15) is 0 Å². The van der Waals surface area contributed by atoms with Gasteiger partial charge in [0.15, 0.2) is 0 Å². The highest BCUT2D eigenvalue weighted by molar-refractivity contribution is 7.90. The van der Waals surface area contributed by atoms with Gasteiger partial charge >= 0.3 is 0 Å². The first-order chi connectivity index (χ1) is 9.49. The fourth-order valence-electron chi connectivity index (χ4n) is 2.01. The zero-order valence-corrected chi connectivity index (χ0v) is 12.1. The Balaban J connectivity index is 2.12. The lowest BCUT2D eigenvalue weighted by Crippen LogP contribution is -2.29. The number of rotatable bonds is 6.